The number of anilines is 2. The summed E-state index contributed by atoms with van der Waals surface area (Å²) in [6, 6.07) is 25.5. The van der Waals surface area contributed by atoms with Crippen LogP contribution in [0.5, 0.6) is 0 Å². The monoisotopic (exact) mass is 461 g/mol. The molecule has 0 amide bonds. The summed E-state index contributed by atoms with van der Waals surface area (Å²) in [5, 5.41) is 21.3. The number of rotatable bonds is 5. The van der Waals surface area contributed by atoms with Crippen LogP contribution >= 0.6 is 0 Å². The van der Waals surface area contributed by atoms with Crippen molar-refractivity contribution < 1.29 is 19.8 Å². The van der Waals surface area contributed by atoms with Crippen LogP contribution in [0.25, 0.3) is 11.1 Å². The van der Waals surface area contributed by atoms with Crippen LogP contribution in [0, 0.1) is 0 Å². The number of hydrogen-bond acceptors (Lipinski definition) is 5. The summed E-state index contributed by atoms with van der Waals surface area (Å²) in [6.45, 7) is 0. The lowest BCUT2D eigenvalue weighted by Crippen LogP contribution is -2.29. The second kappa shape index (κ2) is 9.31. The SMILES string of the molecule is O=C1C(O)=C(c2ccc(N(c3ccccc3)C3C=CC=CC3)cc2)C(=O)C(O)=C1c1ccccc1. The van der Waals surface area contributed by atoms with E-state index in [1.165, 1.54) is 0 Å². The number of aliphatic hydroxyl groups is 2. The standard InChI is InChI=1S/C30H23NO4/c32-27-25(20-10-4-1-5-11-20)28(33)30(35)26(29(27)34)21-16-18-24(19-17-21)31(22-12-6-2-7-13-22)23-14-8-3-9-15-23/h1-14,16-19,23,32,35H,15H2. The molecule has 1 atom stereocenters. The van der Waals surface area contributed by atoms with E-state index in [1.54, 1.807) is 42.5 Å². The van der Waals surface area contributed by atoms with Gasteiger partial charge in [0.1, 0.15) is 0 Å². The molecule has 0 spiro atoms. The van der Waals surface area contributed by atoms with Crippen LogP contribution in [0.2, 0.25) is 0 Å². The number of para-hydroxylation sites is 1. The number of benzene rings is 3. The van der Waals surface area contributed by atoms with Crippen molar-refractivity contribution >= 4 is 34.1 Å². The molecule has 1 unspecified atom stereocenters. The zero-order valence-corrected chi connectivity index (χ0v) is 18.8. The summed E-state index contributed by atoms with van der Waals surface area (Å²) in [5.74, 6) is -2.89. The lowest BCUT2D eigenvalue weighted by Gasteiger charge is -2.32. The van der Waals surface area contributed by atoms with Gasteiger partial charge in [-0.15, -0.1) is 0 Å². The number of nitrogens with zero attached hydrogens (tertiary/aromatic N) is 1. The number of carbonyl (C=O) groups is 2. The van der Waals surface area contributed by atoms with E-state index in [2.05, 4.69) is 17.1 Å². The molecular weight excluding hydrogens is 438 g/mol. The number of aliphatic hydroxyl groups excluding tert-OH is 2. The molecule has 0 fully saturated rings. The van der Waals surface area contributed by atoms with E-state index in [0.717, 1.165) is 17.8 Å². The fraction of sp³-hybridized carbons (Fsp3) is 0.0667. The van der Waals surface area contributed by atoms with E-state index in [0.29, 0.717) is 11.1 Å². The zero-order valence-electron chi connectivity index (χ0n) is 18.8. The summed E-state index contributed by atoms with van der Waals surface area (Å²) in [6.07, 6.45) is 9.13. The predicted molar refractivity (Wildman–Crippen MR) is 137 cm³/mol. The molecule has 0 saturated carbocycles. The normalized spacial score (nSPS) is 17.8. The maximum absolute atomic E-state index is 13.0. The van der Waals surface area contributed by atoms with Gasteiger partial charge in [0.25, 0.3) is 0 Å². The highest BCUT2D eigenvalue weighted by atomic mass is 16.3. The first-order valence-corrected chi connectivity index (χ1v) is 11.4. The Morgan fingerprint density at radius 3 is 1.69 bits per heavy atom. The van der Waals surface area contributed by atoms with E-state index in [4.69, 9.17) is 0 Å². The number of hydrogen-bond donors (Lipinski definition) is 2. The fourth-order valence-electron chi connectivity index (χ4n) is 4.49. The van der Waals surface area contributed by atoms with Crippen LogP contribution in [-0.4, -0.2) is 27.8 Å². The van der Waals surface area contributed by atoms with E-state index < -0.39 is 23.1 Å². The molecule has 0 heterocycles. The van der Waals surface area contributed by atoms with Gasteiger partial charge in [0.05, 0.1) is 17.2 Å². The molecule has 0 radical (unpaired) electrons. The van der Waals surface area contributed by atoms with Crippen LogP contribution < -0.4 is 4.90 Å². The molecule has 5 heteroatoms. The molecule has 172 valence electrons. The van der Waals surface area contributed by atoms with Crippen molar-refractivity contribution in [2.75, 3.05) is 4.90 Å². The van der Waals surface area contributed by atoms with Gasteiger partial charge in [-0.25, -0.2) is 0 Å². The first-order chi connectivity index (χ1) is 17.1. The third-order valence-electron chi connectivity index (χ3n) is 6.18. The van der Waals surface area contributed by atoms with Gasteiger partial charge in [0, 0.05) is 11.4 Å². The Balaban J connectivity index is 1.51. The van der Waals surface area contributed by atoms with Crippen LogP contribution in [0.4, 0.5) is 11.4 Å². The quantitative estimate of drug-likeness (QED) is 0.449. The summed E-state index contributed by atoms with van der Waals surface area (Å²) in [5.41, 5.74) is 2.24. The molecule has 0 bridgehead atoms. The van der Waals surface area contributed by atoms with Crippen LogP contribution in [-0.2, 0) is 9.59 Å². The largest absolute Gasteiger partial charge is 0.504 e. The average molecular weight is 462 g/mol. The van der Waals surface area contributed by atoms with Gasteiger partial charge >= 0.3 is 0 Å². The van der Waals surface area contributed by atoms with Crippen LogP contribution in [0.3, 0.4) is 0 Å². The highest BCUT2D eigenvalue weighted by Crippen LogP contribution is 2.36. The van der Waals surface area contributed by atoms with Crippen LogP contribution in [0.15, 0.2) is 121 Å². The molecular formula is C30H23NO4. The Morgan fingerprint density at radius 1 is 0.629 bits per heavy atom. The number of ketones is 2. The third kappa shape index (κ3) is 4.08. The molecule has 0 aliphatic heterocycles. The van der Waals surface area contributed by atoms with Crippen molar-refractivity contribution in [2.24, 2.45) is 0 Å². The highest BCUT2D eigenvalue weighted by Gasteiger charge is 2.36. The van der Waals surface area contributed by atoms with Crippen LogP contribution in [0.1, 0.15) is 17.5 Å². The van der Waals surface area contributed by atoms with E-state index >= 15 is 0 Å². The van der Waals surface area contributed by atoms with Gasteiger partial charge in [-0.1, -0.05) is 85.0 Å². The van der Waals surface area contributed by atoms with Gasteiger partial charge in [0.2, 0.25) is 11.6 Å². The summed E-state index contributed by atoms with van der Waals surface area (Å²) < 4.78 is 0. The summed E-state index contributed by atoms with van der Waals surface area (Å²) in [4.78, 5) is 28.2. The second-order valence-corrected chi connectivity index (χ2v) is 8.34. The molecule has 5 rings (SSSR count). The van der Waals surface area contributed by atoms with Gasteiger partial charge in [-0.2, -0.15) is 0 Å². The Hall–Kier alpha value is -4.64. The van der Waals surface area contributed by atoms with E-state index in [9.17, 15) is 19.8 Å². The van der Waals surface area contributed by atoms with Gasteiger partial charge in [-0.05, 0) is 41.8 Å². The molecule has 2 N–H and O–H groups in total. The maximum Gasteiger partial charge on any atom is 0.232 e. The molecule has 0 aromatic heterocycles. The first kappa shape index (κ1) is 22.2. The minimum Gasteiger partial charge on any atom is -0.504 e. The Bertz CT molecular complexity index is 1400. The fourth-order valence-corrected chi connectivity index (χ4v) is 4.49. The van der Waals surface area contributed by atoms with E-state index in [1.807, 2.05) is 54.6 Å². The number of carbonyl (C=O) groups excluding carboxylic acids is 2. The minimum absolute atomic E-state index is 0.110. The van der Waals surface area contributed by atoms with Crippen molar-refractivity contribution in [3.8, 4) is 0 Å². The Kier molecular flexibility index (Phi) is 5.90. The van der Waals surface area contributed by atoms with E-state index in [-0.39, 0.29) is 17.2 Å². The van der Waals surface area contributed by atoms with Crippen molar-refractivity contribution in [3.05, 3.63) is 132 Å². The molecule has 3 aromatic carbocycles. The molecule has 3 aromatic rings. The van der Waals surface area contributed by atoms with Crippen molar-refractivity contribution in [1.29, 1.82) is 0 Å². The molecule has 0 saturated heterocycles. The Labute approximate surface area is 203 Å². The van der Waals surface area contributed by atoms with Crippen molar-refractivity contribution in [3.63, 3.8) is 0 Å². The van der Waals surface area contributed by atoms with Gasteiger partial charge in [0.15, 0.2) is 11.5 Å². The maximum atomic E-state index is 13.0. The zero-order chi connectivity index (χ0) is 24.4. The molecule has 2 aliphatic carbocycles. The van der Waals surface area contributed by atoms with Crippen molar-refractivity contribution in [2.45, 2.75) is 12.5 Å². The molecule has 35 heavy (non-hydrogen) atoms. The lowest BCUT2D eigenvalue weighted by molar-refractivity contribution is -0.116. The number of allylic oxidation sites excluding steroid dienone is 4. The Morgan fingerprint density at radius 2 is 1.14 bits per heavy atom. The smallest absolute Gasteiger partial charge is 0.232 e. The number of Topliss-reactive ketones (excluding diaryl/α,β-unsaturated/α-hetero) is 2. The van der Waals surface area contributed by atoms with Crippen molar-refractivity contribution in [1.82, 2.24) is 0 Å². The second-order valence-electron chi connectivity index (χ2n) is 8.34. The summed E-state index contributed by atoms with van der Waals surface area (Å²) in [7, 11) is 0. The third-order valence-corrected chi connectivity index (χ3v) is 6.18. The topological polar surface area (TPSA) is 77.8 Å². The predicted octanol–water partition coefficient (Wildman–Crippen LogP) is 6.10. The molecule has 5 nitrogen and oxygen atoms in total. The molecule has 2 aliphatic rings. The lowest BCUT2D eigenvalue weighted by atomic mass is 9.86. The van der Waals surface area contributed by atoms with Gasteiger partial charge < -0.3 is 15.1 Å². The minimum atomic E-state index is -0.783. The van der Waals surface area contributed by atoms with Gasteiger partial charge in [-0.3, -0.25) is 9.59 Å². The first-order valence-electron chi connectivity index (χ1n) is 11.4. The average Bonchev–Trinajstić information content (AvgIpc) is 2.91. The summed E-state index contributed by atoms with van der Waals surface area (Å²) >= 11 is 0. The highest BCUT2D eigenvalue weighted by molar-refractivity contribution is 6.46.